The molecule has 5 nitrogen and oxygen atoms in total. The van der Waals surface area contributed by atoms with E-state index >= 15 is 0 Å². The number of hydrogen-bond donors (Lipinski definition) is 1. The number of alkyl halides is 2. The predicted molar refractivity (Wildman–Crippen MR) is 92.8 cm³/mol. The summed E-state index contributed by atoms with van der Waals surface area (Å²) in [6.45, 7) is 6.90. The smallest absolute Gasteiger partial charge is 0.298 e. The van der Waals surface area contributed by atoms with Crippen LogP contribution in [0.5, 0.6) is 5.88 Å². The summed E-state index contributed by atoms with van der Waals surface area (Å²) < 4.78 is 39.7. The third-order valence-corrected chi connectivity index (χ3v) is 5.59. The second kappa shape index (κ2) is 6.32. The second-order valence-electron chi connectivity index (χ2n) is 7.39. The SMILES string of the molecule is C[Si](C)(C)CCOCn1ccc2cc3c(nc21)OCC(F)(F)CN3. The number of hydrogen-bond acceptors (Lipinski definition) is 4. The minimum Gasteiger partial charge on any atom is -0.470 e. The van der Waals surface area contributed by atoms with Crippen LogP contribution in [0.4, 0.5) is 14.5 Å². The summed E-state index contributed by atoms with van der Waals surface area (Å²) in [6, 6.07) is 4.78. The lowest BCUT2D eigenvalue weighted by Gasteiger charge is -2.15. The Morgan fingerprint density at radius 3 is 2.96 bits per heavy atom. The highest BCUT2D eigenvalue weighted by atomic mass is 28.3. The molecule has 2 aromatic heterocycles. The largest absolute Gasteiger partial charge is 0.470 e. The zero-order valence-electron chi connectivity index (χ0n) is 14.2. The van der Waals surface area contributed by atoms with Crippen molar-refractivity contribution in [2.45, 2.75) is 38.3 Å². The van der Waals surface area contributed by atoms with Crippen LogP contribution in [0.2, 0.25) is 25.7 Å². The van der Waals surface area contributed by atoms with Gasteiger partial charge in [-0.1, -0.05) is 19.6 Å². The summed E-state index contributed by atoms with van der Waals surface area (Å²) in [6.07, 6.45) is 1.89. The summed E-state index contributed by atoms with van der Waals surface area (Å²) in [7, 11) is -1.12. The van der Waals surface area contributed by atoms with Gasteiger partial charge in [0.25, 0.3) is 5.92 Å². The van der Waals surface area contributed by atoms with Crippen LogP contribution in [0.15, 0.2) is 18.3 Å². The Bertz CT molecular complexity index is 728. The Labute approximate surface area is 141 Å². The first kappa shape index (κ1) is 17.2. The molecule has 0 saturated carbocycles. The number of aromatic nitrogens is 2. The quantitative estimate of drug-likeness (QED) is 0.655. The van der Waals surface area contributed by atoms with E-state index in [2.05, 4.69) is 29.9 Å². The second-order valence-corrected chi connectivity index (χ2v) is 13.0. The number of rotatable bonds is 5. The first-order valence-electron chi connectivity index (χ1n) is 8.06. The Morgan fingerprint density at radius 1 is 1.42 bits per heavy atom. The lowest BCUT2D eigenvalue weighted by Crippen LogP contribution is -2.31. The molecule has 0 saturated heterocycles. The fourth-order valence-corrected chi connectivity index (χ4v) is 3.18. The van der Waals surface area contributed by atoms with Gasteiger partial charge in [0.05, 0.1) is 12.2 Å². The molecule has 132 valence electrons. The topological polar surface area (TPSA) is 48.3 Å². The molecule has 0 radical (unpaired) electrons. The summed E-state index contributed by atoms with van der Waals surface area (Å²) >= 11 is 0. The maximum Gasteiger partial charge on any atom is 0.298 e. The van der Waals surface area contributed by atoms with Crippen LogP contribution >= 0.6 is 0 Å². The molecule has 2 aromatic rings. The number of pyridine rings is 1. The molecule has 3 heterocycles. The lowest BCUT2D eigenvalue weighted by molar-refractivity contribution is -0.0258. The van der Waals surface area contributed by atoms with Crippen molar-refractivity contribution in [1.82, 2.24) is 9.55 Å². The molecule has 0 aliphatic carbocycles. The Morgan fingerprint density at radius 2 is 2.21 bits per heavy atom. The standard InChI is InChI=1S/C16H23F2N3O2Si/c1-24(2,3)7-6-22-11-21-5-4-12-8-13-15(20-14(12)21)23-10-16(17,18)9-19-13/h4-5,8,19H,6-7,9-11H2,1-3H3. The predicted octanol–water partition coefficient (Wildman–Crippen LogP) is 3.79. The first-order valence-corrected chi connectivity index (χ1v) is 11.8. The van der Waals surface area contributed by atoms with E-state index in [0.717, 1.165) is 11.4 Å². The van der Waals surface area contributed by atoms with Crippen molar-refractivity contribution in [3.05, 3.63) is 18.3 Å². The third-order valence-electron chi connectivity index (χ3n) is 3.89. The van der Waals surface area contributed by atoms with Gasteiger partial charge in [0.1, 0.15) is 12.4 Å². The summed E-state index contributed by atoms with van der Waals surface area (Å²) in [5, 5.41) is 3.58. The van der Waals surface area contributed by atoms with Crippen LogP contribution in [-0.4, -0.2) is 43.3 Å². The van der Waals surface area contributed by atoms with Crippen LogP contribution < -0.4 is 10.1 Å². The molecule has 1 N–H and O–H groups in total. The summed E-state index contributed by atoms with van der Waals surface area (Å²) in [4.78, 5) is 4.40. The van der Waals surface area contributed by atoms with E-state index in [0.29, 0.717) is 24.7 Å². The molecule has 0 atom stereocenters. The van der Waals surface area contributed by atoms with Crippen LogP contribution in [0.25, 0.3) is 11.0 Å². The molecule has 0 aromatic carbocycles. The van der Waals surface area contributed by atoms with E-state index in [4.69, 9.17) is 9.47 Å². The van der Waals surface area contributed by atoms with E-state index < -0.39 is 27.1 Å². The van der Waals surface area contributed by atoms with Gasteiger partial charge < -0.3 is 19.4 Å². The van der Waals surface area contributed by atoms with Crippen LogP contribution in [0.3, 0.4) is 0 Å². The van der Waals surface area contributed by atoms with Gasteiger partial charge in [0.15, 0.2) is 6.61 Å². The average Bonchev–Trinajstić information content (AvgIpc) is 2.81. The fraction of sp³-hybridized carbons (Fsp3) is 0.562. The van der Waals surface area contributed by atoms with E-state index in [-0.39, 0.29) is 5.88 Å². The Kier molecular flexibility index (Phi) is 4.52. The molecular weight excluding hydrogens is 332 g/mol. The molecule has 0 bridgehead atoms. The summed E-state index contributed by atoms with van der Waals surface area (Å²) in [5.41, 5.74) is 1.17. The monoisotopic (exact) mass is 355 g/mol. The number of fused-ring (bicyclic) bond motifs is 2. The average molecular weight is 355 g/mol. The van der Waals surface area contributed by atoms with Crippen molar-refractivity contribution in [2.24, 2.45) is 0 Å². The highest BCUT2D eigenvalue weighted by molar-refractivity contribution is 6.76. The fourth-order valence-electron chi connectivity index (χ4n) is 2.43. The zero-order chi connectivity index (χ0) is 17.4. The number of nitrogens with one attached hydrogen (secondary N) is 1. The van der Waals surface area contributed by atoms with Gasteiger partial charge >= 0.3 is 0 Å². The van der Waals surface area contributed by atoms with Crippen molar-refractivity contribution in [3.8, 4) is 5.88 Å². The van der Waals surface area contributed by atoms with Crippen molar-refractivity contribution in [2.75, 3.05) is 25.1 Å². The molecule has 1 aliphatic heterocycles. The highest BCUT2D eigenvalue weighted by Crippen LogP contribution is 2.32. The molecule has 1 aliphatic rings. The maximum absolute atomic E-state index is 13.4. The number of nitrogens with zero attached hydrogens (tertiary/aromatic N) is 2. The van der Waals surface area contributed by atoms with E-state index in [9.17, 15) is 8.78 Å². The lowest BCUT2D eigenvalue weighted by atomic mass is 10.3. The third kappa shape index (κ3) is 4.04. The molecule has 8 heteroatoms. The minimum atomic E-state index is -2.90. The minimum absolute atomic E-state index is 0.210. The van der Waals surface area contributed by atoms with E-state index in [1.807, 2.05) is 16.8 Å². The van der Waals surface area contributed by atoms with Gasteiger partial charge in [-0.05, 0) is 18.2 Å². The molecule has 0 spiro atoms. The van der Waals surface area contributed by atoms with Crippen LogP contribution in [0.1, 0.15) is 0 Å². The molecule has 24 heavy (non-hydrogen) atoms. The van der Waals surface area contributed by atoms with Gasteiger partial charge in [-0.2, -0.15) is 4.98 Å². The van der Waals surface area contributed by atoms with Gasteiger partial charge in [-0.15, -0.1) is 0 Å². The van der Waals surface area contributed by atoms with Gasteiger partial charge in [-0.3, -0.25) is 0 Å². The number of ether oxygens (including phenoxy) is 2. The zero-order valence-corrected chi connectivity index (χ0v) is 15.2. The van der Waals surface area contributed by atoms with Crippen molar-refractivity contribution in [1.29, 1.82) is 0 Å². The van der Waals surface area contributed by atoms with Gasteiger partial charge in [0.2, 0.25) is 5.88 Å². The summed E-state index contributed by atoms with van der Waals surface area (Å²) in [5.74, 6) is -2.69. The van der Waals surface area contributed by atoms with Crippen LogP contribution in [-0.2, 0) is 11.5 Å². The normalized spacial score (nSPS) is 17.0. The van der Waals surface area contributed by atoms with Crippen LogP contribution in [0, 0.1) is 0 Å². The van der Waals surface area contributed by atoms with Crippen molar-refractivity contribution in [3.63, 3.8) is 0 Å². The van der Waals surface area contributed by atoms with Gasteiger partial charge in [-0.25, -0.2) is 8.78 Å². The van der Waals surface area contributed by atoms with Crippen molar-refractivity contribution < 1.29 is 18.3 Å². The van der Waals surface area contributed by atoms with Gasteiger partial charge in [0, 0.05) is 26.3 Å². The van der Waals surface area contributed by atoms with E-state index in [1.165, 1.54) is 0 Å². The molecule has 0 unspecified atom stereocenters. The first-order chi connectivity index (χ1) is 11.2. The highest BCUT2D eigenvalue weighted by Gasteiger charge is 2.33. The van der Waals surface area contributed by atoms with E-state index in [1.54, 1.807) is 6.07 Å². The molecule has 0 amide bonds. The Balaban J connectivity index is 1.74. The molecule has 3 rings (SSSR count). The molecule has 0 fully saturated rings. The number of anilines is 1. The number of halogens is 2. The van der Waals surface area contributed by atoms with Crippen molar-refractivity contribution >= 4 is 24.8 Å². The Hall–Kier alpha value is -1.67. The maximum atomic E-state index is 13.4. The molecular formula is C16H23F2N3O2Si.